The molecule has 5 rings (SSSR count). The number of nitrogens with zero attached hydrogens (tertiary/aromatic N) is 5. The van der Waals surface area contributed by atoms with E-state index in [2.05, 4.69) is 44.1 Å². The van der Waals surface area contributed by atoms with E-state index in [1.807, 2.05) is 6.07 Å². The number of hydrogen-bond donors (Lipinski definition) is 1. The Kier molecular flexibility index (Phi) is 4.88. The number of thiazole rings is 1. The predicted octanol–water partition coefficient (Wildman–Crippen LogP) is 3.86. The van der Waals surface area contributed by atoms with E-state index in [0.29, 0.717) is 10.8 Å². The van der Waals surface area contributed by atoms with Gasteiger partial charge in [-0.1, -0.05) is 41.7 Å². The average molecular weight is 424 g/mol. The van der Waals surface area contributed by atoms with E-state index >= 15 is 0 Å². The number of halogens is 1. The van der Waals surface area contributed by atoms with Gasteiger partial charge < -0.3 is 10.0 Å². The van der Waals surface area contributed by atoms with Crippen LogP contribution in [0.3, 0.4) is 0 Å². The van der Waals surface area contributed by atoms with Crippen molar-refractivity contribution < 1.29 is 9.50 Å². The number of fused-ring (bicyclic) bond motifs is 1. The fourth-order valence-electron chi connectivity index (χ4n) is 4.08. The Hall–Kier alpha value is -2.97. The van der Waals surface area contributed by atoms with Gasteiger partial charge >= 0.3 is 0 Å². The number of piperazine rings is 1. The summed E-state index contributed by atoms with van der Waals surface area (Å²) in [6, 6.07) is 16.7. The van der Waals surface area contributed by atoms with Gasteiger partial charge in [0.2, 0.25) is 10.8 Å². The zero-order chi connectivity index (χ0) is 20.7. The lowest BCUT2D eigenvalue weighted by atomic mass is 10.0. The van der Waals surface area contributed by atoms with Gasteiger partial charge in [-0.25, -0.2) is 9.37 Å². The third-order valence-corrected chi connectivity index (χ3v) is 6.61. The first kappa shape index (κ1) is 19.0. The summed E-state index contributed by atoms with van der Waals surface area (Å²) in [4.78, 5) is 10.6. The van der Waals surface area contributed by atoms with E-state index in [4.69, 9.17) is 0 Å². The lowest BCUT2D eigenvalue weighted by molar-refractivity contribution is 0.211. The molecule has 154 valence electrons. The molecule has 2 aromatic carbocycles. The van der Waals surface area contributed by atoms with Crippen molar-refractivity contribution in [3.05, 3.63) is 76.7 Å². The minimum absolute atomic E-state index is 0.107. The molecule has 0 bridgehead atoms. The third-order valence-electron chi connectivity index (χ3n) is 5.54. The minimum atomic E-state index is -0.270. The zero-order valence-corrected chi connectivity index (χ0v) is 17.4. The van der Waals surface area contributed by atoms with Crippen molar-refractivity contribution in [2.75, 3.05) is 31.1 Å². The van der Waals surface area contributed by atoms with Crippen LogP contribution < -0.4 is 4.90 Å². The lowest BCUT2D eigenvalue weighted by Gasteiger charge is -2.40. The van der Waals surface area contributed by atoms with Gasteiger partial charge in [-0.3, -0.25) is 4.90 Å². The maximum absolute atomic E-state index is 13.6. The zero-order valence-electron chi connectivity index (χ0n) is 16.6. The molecule has 2 aromatic heterocycles. The first-order valence-electron chi connectivity index (χ1n) is 9.94. The molecule has 0 amide bonds. The standard InChI is InChI=1S/C22H22FN5OS/c1-15-24-22-28(25-15)21(29)20(30-22)19(16-7-9-17(23)10-8-16)27-13-11-26(12-14-27)18-5-3-2-4-6-18/h2-10,19,29H,11-14H2,1H3. The normalized spacial score (nSPS) is 16.3. The Morgan fingerprint density at radius 3 is 2.37 bits per heavy atom. The van der Waals surface area contributed by atoms with Gasteiger partial charge in [0.1, 0.15) is 11.6 Å². The number of aromatic nitrogens is 3. The fourth-order valence-corrected chi connectivity index (χ4v) is 5.24. The first-order valence-corrected chi connectivity index (χ1v) is 10.8. The molecule has 1 atom stereocenters. The van der Waals surface area contributed by atoms with Gasteiger partial charge in [0.25, 0.3) is 0 Å². The second kappa shape index (κ2) is 7.70. The highest BCUT2D eigenvalue weighted by Crippen LogP contribution is 2.40. The van der Waals surface area contributed by atoms with Crippen molar-refractivity contribution in [3.8, 4) is 5.88 Å². The Balaban J connectivity index is 1.48. The predicted molar refractivity (Wildman–Crippen MR) is 116 cm³/mol. The Labute approximate surface area is 177 Å². The molecule has 1 aliphatic heterocycles. The van der Waals surface area contributed by atoms with E-state index in [-0.39, 0.29) is 17.7 Å². The van der Waals surface area contributed by atoms with Gasteiger partial charge in [0.15, 0.2) is 0 Å². The number of benzene rings is 2. The summed E-state index contributed by atoms with van der Waals surface area (Å²) in [7, 11) is 0. The SMILES string of the molecule is Cc1nc2sc(C(c3ccc(F)cc3)N3CCN(c4ccccc4)CC3)c(O)n2n1. The maximum Gasteiger partial charge on any atom is 0.230 e. The molecule has 6 nitrogen and oxygen atoms in total. The molecule has 0 saturated carbocycles. The van der Waals surface area contributed by atoms with Crippen molar-refractivity contribution in [1.29, 1.82) is 0 Å². The van der Waals surface area contributed by atoms with E-state index in [9.17, 15) is 9.50 Å². The van der Waals surface area contributed by atoms with Crippen molar-refractivity contribution >= 4 is 22.0 Å². The smallest absolute Gasteiger partial charge is 0.230 e. The molecular weight excluding hydrogens is 401 g/mol. The summed E-state index contributed by atoms with van der Waals surface area (Å²) in [5, 5.41) is 15.2. The van der Waals surface area contributed by atoms with Crippen LogP contribution in [0, 0.1) is 12.7 Å². The van der Waals surface area contributed by atoms with Crippen LogP contribution in [0.2, 0.25) is 0 Å². The van der Waals surface area contributed by atoms with Crippen molar-refractivity contribution in [2.45, 2.75) is 13.0 Å². The van der Waals surface area contributed by atoms with Crippen molar-refractivity contribution in [1.82, 2.24) is 19.5 Å². The fraction of sp³-hybridized carbons (Fsp3) is 0.273. The van der Waals surface area contributed by atoms with Crippen LogP contribution in [0.4, 0.5) is 10.1 Å². The Morgan fingerprint density at radius 2 is 1.70 bits per heavy atom. The van der Waals surface area contributed by atoms with Gasteiger partial charge in [-0.15, -0.1) is 5.10 Å². The second-order valence-electron chi connectivity index (χ2n) is 7.46. The highest BCUT2D eigenvalue weighted by atomic mass is 32.1. The third kappa shape index (κ3) is 3.42. The summed E-state index contributed by atoms with van der Waals surface area (Å²) in [5.74, 6) is 0.460. The summed E-state index contributed by atoms with van der Waals surface area (Å²) in [6.07, 6.45) is 0. The monoisotopic (exact) mass is 423 g/mol. The molecule has 30 heavy (non-hydrogen) atoms. The topological polar surface area (TPSA) is 56.9 Å². The Bertz CT molecular complexity index is 1150. The maximum atomic E-state index is 13.6. The number of para-hydroxylation sites is 1. The molecule has 1 fully saturated rings. The summed E-state index contributed by atoms with van der Waals surface area (Å²) in [6.45, 7) is 5.20. The molecule has 0 radical (unpaired) electrons. The van der Waals surface area contributed by atoms with Gasteiger partial charge in [0, 0.05) is 31.9 Å². The first-order chi connectivity index (χ1) is 14.6. The van der Waals surface area contributed by atoms with Crippen LogP contribution in [0.25, 0.3) is 4.96 Å². The molecule has 0 aliphatic carbocycles. The van der Waals surface area contributed by atoms with Crippen molar-refractivity contribution in [2.24, 2.45) is 0 Å². The summed E-state index contributed by atoms with van der Waals surface area (Å²) in [5.41, 5.74) is 2.16. The van der Waals surface area contributed by atoms with E-state index < -0.39 is 0 Å². The molecule has 4 aromatic rings. The minimum Gasteiger partial charge on any atom is -0.492 e. The van der Waals surface area contributed by atoms with E-state index in [0.717, 1.165) is 36.6 Å². The van der Waals surface area contributed by atoms with Crippen LogP contribution >= 0.6 is 11.3 Å². The van der Waals surface area contributed by atoms with Crippen LogP contribution in [0.5, 0.6) is 5.88 Å². The van der Waals surface area contributed by atoms with Crippen LogP contribution in [-0.2, 0) is 0 Å². The van der Waals surface area contributed by atoms with E-state index in [1.165, 1.54) is 33.7 Å². The van der Waals surface area contributed by atoms with Gasteiger partial charge in [-0.2, -0.15) is 4.52 Å². The summed E-state index contributed by atoms with van der Waals surface area (Å²) >= 11 is 1.43. The molecule has 8 heteroatoms. The number of hydrogen-bond acceptors (Lipinski definition) is 6. The molecule has 1 unspecified atom stereocenters. The summed E-state index contributed by atoms with van der Waals surface area (Å²) < 4.78 is 15.1. The lowest BCUT2D eigenvalue weighted by Crippen LogP contribution is -2.47. The van der Waals surface area contributed by atoms with E-state index in [1.54, 1.807) is 19.1 Å². The van der Waals surface area contributed by atoms with Crippen LogP contribution in [-0.4, -0.2) is 50.8 Å². The number of aromatic hydroxyl groups is 1. The quantitative estimate of drug-likeness (QED) is 0.540. The van der Waals surface area contributed by atoms with Gasteiger partial charge in [0.05, 0.1) is 10.9 Å². The molecule has 1 N–H and O–H groups in total. The van der Waals surface area contributed by atoms with Crippen molar-refractivity contribution in [3.63, 3.8) is 0 Å². The number of rotatable bonds is 4. The highest BCUT2D eigenvalue weighted by Gasteiger charge is 2.31. The van der Waals surface area contributed by atoms with Crippen LogP contribution in [0.15, 0.2) is 54.6 Å². The number of aryl methyl sites for hydroxylation is 1. The van der Waals surface area contributed by atoms with Gasteiger partial charge in [-0.05, 0) is 36.8 Å². The molecule has 0 spiro atoms. The Morgan fingerprint density at radius 1 is 1.00 bits per heavy atom. The largest absolute Gasteiger partial charge is 0.492 e. The second-order valence-corrected chi connectivity index (χ2v) is 8.47. The molecule has 1 aliphatic rings. The highest BCUT2D eigenvalue weighted by molar-refractivity contribution is 7.17. The average Bonchev–Trinajstić information content (AvgIpc) is 3.28. The van der Waals surface area contributed by atoms with Crippen LogP contribution in [0.1, 0.15) is 22.3 Å². The molecule has 1 saturated heterocycles. The molecular formula is C22H22FN5OS. The molecule has 3 heterocycles. The number of anilines is 1.